The molecule has 1 saturated carbocycles. The molecular formula is C9H15NO2. The van der Waals surface area contributed by atoms with Crippen LogP contribution in [0.15, 0.2) is 0 Å². The highest BCUT2D eigenvalue weighted by Crippen LogP contribution is 2.42. The van der Waals surface area contributed by atoms with Gasteiger partial charge in [0.25, 0.3) is 0 Å². The molecular weight excluding hydrogens is 154 g/mol. The first kappa shape index (κ1) is 8.05. The van der Waals surface area contributed by atoms with Crippen LogP contribution in [0, 0.1) is 0 Å². The third-order valence-electron chi connectivity index (χ3n) is 3.02. The van der Waals surface area contributed by atoms with Crippen molar-refractivity contribution in [3.05, 3.63) is 0 Å². The molecule has 1 aliphatic carbocycles. The van der Waals surface area contributed by atoms with Crippen LogP contribution < -0.4 is 0 Å². The maximum atomic E-state index is 11.5. The lowest BCUT2D eigenvalue weighted by molar-refractivity contribution is -0.137. The number of amides is 1. The number of carbonyl (C=O) groups is 1. The van der Waals surface area contributed by atoms with Crippen molar-refractivity contribution in [2.45, 2.75) is 37.6 Å². The Morgan fingerprint density at radius 2 is 2.17 bits per heavy atom. The van der Waals surface area contributed by atoms with Crippen molar-refractivity contribution >= 4 is 5.91 Å². The lowest BCUT2D eigenvalue weighted by atomic mass is 10.1. The van der Waals surface area contributed by atoms with E-state index in [2.05, 4.69) is 0 Å². The van der Waals surface area contributed by atoms with Gasteiger partial charge in [-0.15, -0.1) is 0 Å². The van der Waals surface area contributed by atoms with E-state index in [1.807, 2.05) is 4.90 Å². The second kappa shape index (κ2) is 2.73. The van der Waals surface area contributed by atoms with Crippen molar-refractivity contribution in [3.63, 3.8) is 0 Å². The fourth-order valence-corrected chi connectivity index (χ4v) is 1.97. The van der Waals surface area contributed by atoms with Crippen molar-refractivity contribution in [2.75, 3.05) is 13.2 Å². The molecule has 1 N–H and O–H groups in total. The fourth-order valence-electron chi connectivity index (χ4n) is 1.97. The average molecular weight is 169 g/mol. The Bertz CT molecular complexity index is 199. The average Bonchev–Trinajstić information content (AvgIpc) is 2.86. The van der Waals surface area contributed by atoms with Crippen LogP contribution in [0.3, 0.4) is 0 Å². The van der Waals surface area contributed by atoms with Crippen LogP contribution in [0.4, 0.5) is 0 Å². The predicted octanol–water partition coefficient (Wildman–Crippen LogP) is 0.524. The van der Waals surface area contributed by atoms with Gasteiger partial charge in [-0.25, -0.2) is 0 Å². The number of hydrogen-bond acceptors (Lipinski definition) is 2. The zero-order valence-electron chi connectivity index (χ0n) is 7.25. The molecule has 1 heterocycles. The number of hydrogen-bond donors (Lipinski definition) is 1. The molecule has 1 amide bonds. The molecule has 68 valence electrons. The normalized spacial score (nSPS) is 27.4. The van der Waals surface area contributed by atoms with Gasteiger partial charge in [0.2, 0.25) is 5.91 Å². The lowest BCUT2D eigenvalue weighted by Crippen LogP contribution is -2.46. The van der Waals surface area contributed by atoms with Crippen molar-refractivity contribution in [1.82, 2.24) is 4.90 Å². The van der Waals surface area contributed by atoms with Crippen LogP contribution in [0.2, 0.25) is 0 Å². The number of nitrogens with zero attached hydrogens (tertiary/aromatic N) is 1. The number of carbonyl (C=O) groups excluding carboxylic acids is 1. The molecule has 2 rings (SSSR count). The van der Waals surface area contributed by atoms with E-state index in [9.17, 15) is 4.79 Å². The quantitative estimate of drug-likeness (QED) is 0.654. The molecule has 0 aromatic rings. The summed E-state index contributed by atoms with van der Waals surface area (Å²) in [5.41, 5.74) is -0.127. The van der Waals surface area contributed by atoms with Crippen LogP contribution in [0.1, 0.15) is 32.1 Å². The highest BCUT2D eigenvalue weighted by Gasteiger charge is 2.49. The lowest BCUT2D eigenvalue weighted by Gasteiger charge is -2.33. The summed E-state index contributed by atoms with van der Waals surface area (Å²) in [5, 5.41) is 9.13. The van der Waals surface area contributed by atoms with E-state index < -0.39 is 0 Å². The zero-order valence-corrected chi connectivity index (χ0v) is 7.25. The summed E-state index contributed by atoms with van der Waals surface area (Å²) in [6.45, 7) is 1.01. The standard InChI is InChI=1S/C9H15NO2/c11-7-9(4-5-9)10-6-2-1-3-8(10)12/h11H,1-7H2. The van der Waals surface area contributed by atoms with Crippen molar-refractivity contribution in [3.8, 4) is 0 Å². The second-order valence-corrected chi connectivity index (χ2v) is 3.88. The van der Waals surface area contributed by atoms with E-state index >= 15 is 0 Å². The smallest absolute Gasteiger partial charge is 0.223 e. The van der Waals surface area contributed by atoms with Gasteiger partial charge in [-0.05, 0) is 25.7 Å². The van der Waals surface area contributed by atoms with E-state index in [4.69, 9.17) is 5.11 Å². The topological polar surface area (TPSA) is 40.5 Å². The van der Waals surface area contributed by atoms with Gasteiger partial charge in [-0.3, -0.25) is 4.79 Å². The van der Waals surface area contributed by atoms with E-state index in [1.165, 1.54) is 0 Å². The molecule has 3 heteroatoms. The molecule has 0 aromatic carbocycles. The highest BCUT2D eigenvalue weighted by molar-refractivity contribution is 5.78. The molecule has 1 aliphatic heterocycles. The molecule has 3 nitrogen and oxygen atoms in total. The Kier molecular flexibility index (Phi) is 1.83. The minimum absolute atomic E-state index is 0.127. The van der Waals surface area contributed by atoms with Crippen LogP contribution >= 0.6 is 0 Å². The van der Waals surface area contributed by atoms with Crippen LogP contribution in [-0.2, 0) is 4.79 Å². The Morgan fingerprint density at radius 1 is 1.42 bits per heavy atom. The van der Waals surface area contributed by atoms with Crippen LogP contribution in [0.5, 0.6) is 0 Å². The first-order valence-corrected chi connectivity index (χ1v) is 4.70. The molecule has 0 unspecified atom stereocenters. The molecule has 2 aliphatic rings. The largest absolute Gasteiger partial charge is 0.394 e. The number of aliphatic hydroxyl groups is 1. The van der Waals surface area contributed by atoms with Gasteiger partial charge < -0.3 is 10.0 Å². The number of likely N-dealkylation sites (tertiary alicyclic amines) is 1. The Labute approximate surface area is 72.4 Å². The second-order valence-electron chi connectivity index (χ2n) is 3.88. The number of aliphatic hydroxyl groups excluding tert-OH is 1. The summed E-state index contributed by atoms with van der Waals surface area (Å²) in [6.07, 6.45) is 4.80. The van der Waals surface area contributed by atoms with Gasteiger partial charge >= 0.3 is 0 Å². The van der Waals surface area contributed by atoms with E-state index in [1.54, 1.807) is 0 Å². The minimum Gasteiger partial charge on any atom is -0.394 e. The monoisotopic (exact) mass is 169 g/mol. The predicted molar refractivity (Wildman–Crippen MR) is 44.6 cm³/mol. The summed E-state index contributed by atoms with van der Waals surface area (Å²) in [4.78, 5) is 13.4. The summed E-state index contributed by atoms with van der Waals surface area (Å²) in [6, 6.07) is 0. The summed E-state index contributed by atoms with van der Waals surface area (Å²) >= 11 is 0. The maximum Gasteiger partial charge on any atom is 0.223 e. The van der Waals surface area contributed by atoms with Crippen molar-refractivity contribution in [2.24, 2.45) is 0 Å². The first-order valence-electron chi connectivity index (χ1n) is 4.70. The van der Waals surface area contributed by atoms with Gasteiger partial charge in [-0.1, -0.05) is 0 Å². The molecule has 0 spiro atoms. The van der Waals surface area contributed by atoms with Gasteiger partial charge in [0.1, 0.15) is 0 Å². The summed E-state index contributed by atoms with van der Waals surface area (Å²) in [7, 11) is 0. The maximum absolute atomic E-state index is 11.5. The molecule has 0 aromatic heterocycles. The van der Waals surface area contributed by atoms with Crippen molar-refractivity contribution in [1.29, 1.82) is 0 Å². The van der Waals surface area contributed by atoms with Crippen LogP contribution in [-0.4, -0.2) is 34.6 Å². The summed E-state index contributed by atoms with van der Waals surface area (Å²) < 4.78 is 0. The first-order chi connectivity index (χ1) is 5.78. The SMILES string of the molecule is O=C1CCCCN1C1(CO)CC1. The van der Waals surface area contributed by atoms with Gasteiger partial charge in [0.05, 0.1) is 12.1 Å². The Morgan fingerprint density at radius 3 is 2.67 bits per heavy atom. The minimum atomic E-state index is -0.127. The Balaban J connectivity index is 2.06. The van der Waals surface area contributed by atoms with E-state index in [-0.39, 0.29) is 18.1 Å². The molecule has 0 atom stereocenters. The van der Waals surface area contributed by atoms with E-state index in [0.717, 1.165) is 32.2 Å². The highest BCUT2D eigenvalue weighted by atomic mass is 16.3. The summed E-state index contributed by atoms with van der Waals surface area (Å²) in [5.74, 6) is 0.243. The van der Waals surface area contributed by atoms with Gasteiger partial charge in [0, 0.05) is 13.0 Å². The van der Waals surface area contributed by atoms with E-state index in [0.29, 0.717) is 6.42 Å². The van der Waals surface area contributed by atoms with Crippen molar-refractivity contribution < 1.29 is 9.90 Å². The zero-order chi connectivity index (χ0) is 8.60. The molecule has 12 heavy (non-hydrogen) atoms. The Hall–Kier alpha value is -0.570. The molecule has 1 saturated heterocycles. The number of rotatable bonds is 2. The van der Waals surface area contributed by atoms with Gasteiger partial charge in [0.15, 0.2) is 0 Å². The molecule has 0 radical (unpaired) electrons. The third kappa shape index (κ3) is 1.12. The number of piperidine rings is 1. The molecule has 2 fully saturated rings. The van der Waals surface area contributed by atoms with Crippen LogP contribution in [0.25, 0.3) is 0 Å². The third-order valence-corrected chi connectivity index (χ3v) is 3.02. The van der Waals surface area contributed by atoms with Gasteiger partial charge in [-0.2, -0.15) is 0 Å². The fraction of sp³-hybridized carbons (Fsp3) is 0.889. The molecule has 0 bridgehead atoms.